The molecule has 0 atom stereocenters. The zero-order chi connectivity index (χ0) is 19.0. The van der Waals surface area contributed by atoms with Gasteiger partial charge in [-0.3, -0.25) is 4.99 Å². The molecular formula is C21H28N4O. The molecule has 0 radical (unpaired) electrons. The van der Waals surface area contributed by atoms with Crippen molar-refractivity contribution in [3.8, 4) is 0 Å². The minimum absolute atomic E-state index is 0.0791. The van der Waals surface area contributed by atoms with Gasteiger partial charge in [0.05, 0.1) is 36.7 Å². The molecule has 0 saturated heterocycles. The summed E-state index contributed by atoms with van der Waals surface area (Å²) >= 11 is 0. The van der Waals surface area contributed by atoms with Crippen LogP contribution in [0.15, 0.2) is 63.8 Å². The van der Waals surface area contributed by atoms with Gasteiger partial charge in [-0.25, -0.2) is 0 Å². The molecule has 2 aromatic rings. The molecule has 0 heterocycles. The number of hydrogen-bond donors (Lipinski definition) is 0. The summed E-state index contributed by atoms with van der Waals surface area (Å²) in [4.78, 5) is 4.23. The lowest BCUT2D eigenvalue weighted by molar-refractivity contribution is -0.916. The van der Waals surface area contributed by atoms with Gasteiger partial charge in [0.1, 0.15) is 6.54 Å². The Balaban J connectivity index is 2.05. The predicted octanol–water partition coefficient (Wildman–Crippen LogP) is 4.68. The minimum atomic E-state index is -0.0791. The third-order valence-corrected chi connectivity index (χ3v) is 4.90. The summed E-state index contributed by atoms with van der Waals surface area (Å²) < 4.78 is 0.769. The van der Waals surface area contributed by atoms with Crippen LogP contribution in [-0.4, -0.2) is 36.6 Å². The molecule has 0 saturated carbocycles. The molecule has 0 bridgehead atoms. The first-order valence-electron chi connectivity index (χ1n) is 9.18. The Hall–Kier alpha value is -2.53. The Labute approximate surface area is 156 Å². The monoisotopic (exact) mass is 352 g/mol. The molecule has 0 aromatic heterocycles. The average Bonchev–Trinajstić information content (AvgIpc) is 2.67. The predicted molar refractivity (Wildman–Crippen MR) is 106 cm³/mol. The Morgan fingerprint density at radius 3 is 1.65 bits per heavy atom. The van der Waals surface area contributed by atoms with Crippen LogP contribution in [0, 0.1) is 6.92 Å². The molecular weight excluding hydrogens is 324 g/mol. The highest BCUT2D eigenvalue weighted by Crippen LogP contribution is 2.22. The van der Waals surface area contributed by atoms with Gasteiger partial charge in [-0.05, 0) is 64.1 Å². The lowest BCUT2D eigenvalue weighted by atomic mass is 10.2. The first-order chi connectivity index (χ1) is 12.5. The Morgan fingerprint density at radius 2 is 1.19 bits per heavy atom. The highest BCUT2D eigenvalue weighted by molar-refractivity contribution is 5.76. The van der Waals surface area contributed by atoms with Crippen LogP contribution in [0.5, 0.6) is 0 Å². The average molecular weight is 352 g/mol. The van der Waals surface area contributed by atoms with Gasteiger partial charge in [0.2, 0.25) is 0 Å². The Morgan fingerprint density at radius 1 is 0.769 bits per heavy atom. The standard InChI is InChI=1S/C21H28N4O/c1-5-25(6-2,7-3)16-21(26)22-18-12-14-20(15-13-18)24-23-19-10-8-17(4)9-11-19/h8-15H,5-7,16H2,1-4H3. The van der Waals surface area contributed by atoms with E-state index in [2.05, 4.69) is 36.0 Å². The summed E-state index contributed by atoms with van der Waals surface area (Å²) in [5.74, 6) is -0.0791. The van der Waals surface area contributed by atoms with Gasteiger partial charge in [-0.15, -0.1) is 0 Å². The number of hydrogen-bond acceptors (Lipinski definition) is 4. The number of benzene rings is 2. The van der Waals surface area contributed by atoms with E-state index in [0.29, 0.717) is 12.2 Å². The topological polar surface area (TPSA) is 60.1 Å². The van der Waals surface area contributed by atoms with Gasteiger partial charge in [0, 0.05) is 5.90 Å². The van der Waals surface area contributed by atoms with E-state index in [1.165, 1.54) is 5.56 Å². The van der Waals surface area contributed by atoms with Crippen molar-refractivity contribution in [1.29, 1.82) is 0 Å². The second-order valence-corrected chi connectivity index (χ2v) is 6.51. The van der Waals surface area contributed by atoms with Crippen molar-refractivity contribution in [2.24, 2.45) is 15.2 Å². The quantitative estimate of drug-likeness (QED) is 0.294. The molecule has 5 heteroatoms. The zero-order valence-electron chi connectivity index (χ0n) is 16.1. The highest BCUT2D eigenvalue weighted by atomic mass is 16.3. The summed E-state index contributed by atoms with van der Waals surface area (Å²) in [6.07, 6.45) is 0. The molecule has 0 spiro atoms. The van der Waals surface area contributed by atoms with Crippen LogP contribution >= 0.6 is 0 Å². The molecule has 0 fully saturated rings. The van der Waals surface area contributed by atoms with E-state index in [0.717, 1.165) is 35.5 Å². The smallest absolute Gasteiger partial charge is 0.108 e. The number of nitrogens with zero attached hydrogens (tertiary/aromatic N) is 4. The molecule has 0 aliphatic carbocycles. The van der Waals surface area contributed by atoms with Gasteiger partial charge in [0.25, 0.3) is 0 Å². The van der Waals surface area contributed by atoms with Crippen molar-refractivity contribution in [2.75, 3.05) is 26.2 Å². The molecule has 138 valence electrons. The largest absolute Gasteiger partial charge is 0.858 e. The van der Waals surface area contributed by atoms with Gasteiger partial charge < -0.3 is 9.59 Å². The molecule has 5 nitrogen and oxygen atoms in total. The van der Waals surface area contributed by atoms with E-state index >= 15 is 0 Å². The summed E-state index contributed by atoms with van der Waals surface area (Å²) in [6, 6.07) is 15.1. The second kappa shape index (κ2) is 9.25. The first kappa shape index (κ1) is 19.8. The first-order valence-corrected chi connectivity index (χ1v) is 9.18. The van der Waals surface area contributed by atoms with Crippen LogP contribution < -0.4 is 5.11 Å². The fourth-order valence-electron chi connectivity index (χ4n) is 2.79. The second-order valence-electron chi connectivity index (χ2n) is 6.51. The van der Waals surface area contributed by atoms with Crippen LogP contribution in [0.2, 0.25) is 0 Å². The number of likely N-dealkylation sites (N-methyl/N-ethyl adjacent to an activating group) is 1. The van der Waals surface area contributed by atoms with Gasteiger partial charge >= 0.3 is 0 Å². The summed E-state index contributed by atoms with van der Waals surface area (Å²) in [6.45, 7) is 11.6. The molecule has 0 aliphatic heterocycles. The van der Waals surface area contributed by atoms with Gasteiger partial charge in [-0.1, -0.05) is 17.7 Å². The van der Waals surface area contributed by atoms with Crippen LogP contribution in [0.4, 0.5) is 17.1 Å². The van der Waals surface area contributed by atoms with Gasteiger partial charge in [0.15, 0.2) is 0 Å². The van der Waals surface area contributed by atoms with E-state index in [-0.39, 0.29) is 5.90 Å². The molecule has 26 heavy (non-hydrogen) atoms. The third kappa shape index (κ3) is 5.49. The summed E-state index contributed by atoms with van der Waals surface area (Å²) in [5.41, 5.74) is 3.40. The van der Waals surface area contributed by atoms with E-state index in [1.807, 2.05) is 43.3 Å². The Bertz CT molecular complexity index is 736. The van der Waals surface area contributed by atoms with Gasteiger partial charge in [-0.2, -0.15) is 10.2 Å². The van der Waals surface area contributed by atoms with Crippen LogP contribution in [0.25, 0.3) is 0 Å². The number of aryl methyl sites for hydroxylation is 1. The van der Waals surface area contributed by atoms with E-state index in [9.17, 15) is 5.11 Å². The number of aliphatic imine (C=N–C) groups is 1. The van der Waals surface area contributed by atoms with E-state index in [4.69, 9.17) is 0 Å². The number of quaternary nitrogens is 1. The normalized spacial score (nSPS) is 12.7. The lowest BCUT2D eigenvalue weighted by Gasteiger charge is -2.37. The van der Waals surface area contributed by atoms with E-state index in [1.54, 1.807) is 12.1 Å². The molecule has 2 rings (SSSR count). The van der Waals surface area contributed by atoms with Crippen LogP contribution in [0.1, 0.15) is 26.3 Å². The highest BCUT2D eigenvalue weighted by Gasteiger charge is 2.19. The SMILES string of the molecule is CC[N+](CC)(CC)CC([O-])=Nc1ccc(N=Nc2ccc(C)cc2)cc1. The Kier molecular flexibility index (Phi) is 7.04. The van der Waals surface area contributed by atoms with Crippen molar-refractivity contribution in [3.05, 3.63) is 54.1 Å². The van der Waals surface area contributed by atoms with Crippen LogP contribution in [0.3, 0.4) is 0 Å². The lowest BCUT2D eigenvalue weighted by Crippen LogP contribution is -2.53. The van der Waals surface area contributed by atoms with Crippen molar-refractivity contribution in [2.45, 2.75) is 27.7 Å². The maximum atomic E-state index is 12.3. The molecule has 2 aromatic carbocycles. The third-order valence-electron chi connectivity index (χ3n) is 4.90. The number of azo groups is 1. The van der Waals surface area contributed by atoms with Crippen molar-refractivity contribution in [3.63, 3.8) is 0 Å². The maximum absolute atomic E-state index is 12.3. The fourth-order valence-corrected chi connectivity index (χ4v) is 2.79. The molecule has 0 aliphatic rings. The number of rotatable bonds is 8. The fraction of sp³-hybridized carbons (Fsp3) is 0.381. The zero-order valence-corrected chi connectivity index (χ0v) is 16.1. The molecule has 0 N–H and O–H groups in total. The maximum Gasteiger partial charge on any atom is 0.108 e. The minimum Gasteiger partial charge on any atom is -0.858 e. The van der Waals surface area contributed by atoms with Crippen molar-refractivity contribution in [1.82, 2.24) is 0 Å². The summed E-state index contributed by atoms with van der Waals surface area (Å²) in [7, 11) is 0. The van der Waals surface area contributed by atoms with Crippen molar-refractivity contribution < 1.29 is 9.59 Å². The molecule has 0 amide bonds. The van der Waals surface area contributed by atoms with E-state index < -0.39 is 0 Å². The molecule has 0 unspecified atom stereocenters. The summed E-state index contributed by atoms with van der Waals surface area (Å²) in [5, 5.41) is 20.7. The van der Waals surface area contributed by atoms with Crippen LogP contribution in [-0.2, 0) is 0 Å². The van der Waals surface area contributed by atoms with Crippen molar-refractivity contribution >= 4 is 23.0 Å².